The van der Waals surface area contributed by atoms with Gasteiger partial charge in [0.25, 0.3) is 5.78 Å². The molecule has 0 saturated carbocycles. The van der Waals surface area contributed by atoms with Crippen LogP contribution in [0.5, 0.6) is 0 Å². The molecule has 0 bridgehead atoms. The van der Waals surface area contributed by atoms with E-state index in [1.165, 1.54) is 18.4 Å². The largest absolute Gasteiger partial charge is 0.356 e. The Balaban J connectivity index is 2.26. The lowest BCUT2D eigenvalue weighted by molar-refractivity contribution is 0.833. The van der Waals surface area contributed by atoms with Crippen LogP contribution in [-0.2, 0) is 0 Å². The van der Waals surface area contributed by atoms with Crippen LogP contribution in [0.3, 0.4) is 0 Å². The summed E-state index contributed by atoms with van der Waals surface area (Å²) in [5, 5.41) is 4.27. The number of hydrogen-bond donors (Lipinski definition) is 0. The molecule has 5 nitrogen and oxygen atoms in total. The van der Waals surface area contributed by atoms with Gasteiger partial charge in [-0.25, -0.2) is 4.98 Å². The van der Waals surface area contributed by atoms with Crippen molar-refractivity contribution in [2.24, 2.45) is 0 Å². The van der Waals surface area contributed by atoms with Gasteiger partial charge in [0.2, 0.25) is 0 Å². The van der Waals surface area contributed by atoms with E-state index in [0.717, 1.165) is 24.6 Å². The van der Waals surface area contributed by atoms with E-state index in [4.69, 9.17) is 0 Å². The minimum Gasteiger partial charge on any atom is -0.356 e. The van der Waals surface area contributed by atoms with Gasteiger partial charge in [-0.15, -0.1) is 0 Å². The lowest BCUT2D eigenvalue weighted by Gasteiger charge is -2.21. The van der Waals surface area contributed by atoms with Crippen LogP contribution in [-0.4, -0.2) is 32.7 Å². The molecule has 1 fully saturated rings. The summed E-state index contributed by atoms with van der Waals surface area (Å²) < 4.78 is 1.85. The molecule has 0 aliphatic carbocycles. The smallest absolute Gasteiger partial charge is 0.254 e. The van der Waals surface area contributed by atoms with Crippen LogP contribution in [0.2, 0.25) is 0 Å². The molecule has 0 aromatic carbocycles. The summed E-state index contributed by atoms with van der Waals surface area (Å²) in [6, 6.07) is 0. The van der Waals surface area contributed by atoms with E-state index in [-0.39, 0.29) is 0 Å². The van der Waals surface area contributed by atoms with Gasteiger partial charge in [0.05, 0.1) is 0 Å². The molecule has 2 aromatic rings. The molecule has 3 rings (SSSR count). The monoisotopic (exact) mass is 217 g/mol. The summed E-state index contributed by atoms with van der Waals surface area (Å²) in [6.07, 6.45) is 4.09. The quantitative estimate of drug-likeness (QED) is 0.723. The predicted molar refractivity (Wildman–Crippen MR) is 61.7 cm³/mol. The highest BCUT2D eigenvalue weighted by Crippen LogP contribution is 2.25. The molecule has 0 amide bonds. The van der Waals surface area contributed by atoms with Crippen LogP contribution in [0.25, 0.3) is 5.78 Å². The van der Waals surface area contributed by atoms with Crippen molar-refractivity contribution in [3.05, 3.63) is 17.6 Å². The maximum atomic E-state index is 4.43. The third-order valence-corrected chi connectivity index (χ3v) is 3.28. The second-order valence-corrected chi connectivity index (χ2v) is 4.31. The molecule has 1 aliphatic rings. The van der Waals surface area contributed by atoms with Crippen molar-refractivity contribution in [3.63, 3.8) is 0 Å². The van der Waals surface area contributed by atoms with Crippen LogP contribution >= 0.6 is 0 Å². The predicted octanol–water partition coefficient (Wildman–Crippen LogP) is 1.34. The lowest BCUT2D eigenvalue weighted by Crippen LogP contribution is -2.23. The Hall–Kier alpha value is -1.65. The van der Waals surface area contributed by atoms with Gasteiger partial charge in [0.15, 0.2) is 0 Å². The van der Waals surface area contributed by atoms with E-state index in [1.54, 1.807) is 6.33 Å². The van der Waals surface area contributed by atoms with Crippen LogP contribution in [0.15, 0.2) is 6.33 Å². The SMILES string of the molecule is Cc1nc2ncnn2c(N2CCCC2)c1C. The number of rotatable bonds is 1. The molecule has 84 valence electrons. The number of nitrogens with zero attached hydrogens (tertiary/aromatic N) is 5. The summed E-state index contributed by atoms with van der Waals surface area (Å²) in [7, 11) is 0. The van der Waals surface area contributed by atoms with Crippen LogP contribution in [0, 0.1) is 13.8 Å². The number of anilines is 1. The Morgan fingerprint density at radius 1 is 1.19 bits per heavy atom. The summed E-state index contributed by atoms with van der Waals surface area (Å²) in [5.74, 6) is 1.86. The maximum Gasteiger partial charge on any atom is 0.254 e. The molecule has 3 heterocycles. The zero-order chi connectivity index (χ0) is 11.1. The van der Waals surface area contributed by atoms with Crippen LogP contribution in [0.1, 0.15) is 24.1 Å². The second-order valence-electron chi connectivity index (χ2n) is 4.31. The minimum absolute atomic E-state index is 0.699. The van der Waals surface area contributed by atoms with Crippen LogP contribution in [0.4, 0.5) is 5.82 Å². The number of hydrogen-bond acceptors (Lipinski definition) is 4. The van der Waals surface area contributed by atoms with Gasteiger partial charge in [-0.2, -0.15) is 14.6 Å². The number of aryl methyl sites for hydroxylation is 1. The summed E-state index contributed by atoms with van der Waals surface area (Å²) in [4.78, 5) is 11.0. The first-order valence-corrected chi connectivity index (χ1v) is 5.69. The Bertz CT molecular complexity index is 524. The summed E-state index contributed by atoms with van der Waals surface area (Å²) >= 11 is 0. The van der Waals surface area contributed by atoms with Crippen molar-refractivity contribution in [1.82, 2.24) is 19.6 Å². The Labute approximate surface area is 94.1 Å². The van der Waals surface area contributed by atoms with Gasteiger partial charge >= 0.3 is 0 Å². The molecule has 1 saturated heterocycles. The van der Waals surface area contributed by atoms with E-state index < -0.39 is 0 Å². The molecule has 2 aromatic heterocycles. The zero-order valence-corrected chi connectivity index (χ0v) is 9.64. The second kappa shape index (κ2) is 3.43. The van der Waals surface area contributed by atoms with E-state index >= 15 is 0 Å². The molecule has 1 aliphatic heterocycles. The highest BCUT2D eigenvalue weighted by Gasteiger charge is 2.20. The molecule has 0 unspecified atom stereocenters. The van der Waals surface area contributed by atoms with Crippen LogP contribution < -0.4 is 4.90 Å². The summed E-state index contributed by atoms with van der Waals surface area (Å²) in [6.45, 7) is 6.36. The highest BCUT2D eigenvalue weighted by atomic mass is 15.4. The third kappa shape index (κ3) is 1.27. The normalized spacial score (nSPS) is 16.2. The van der Waals surface area contributed by atoms with Crippen molar-refractivity contribution in [2.75, 3.05) is 18.0 Å². The van der Waals surface area contributed by atoms with E-state index in [9.17, 15) is 0 Å². The van der Waals surface area contributed by atoms with Crippen molar-refractivity contribution in [1.29, 1.82) is 0 Å². The zero-order valence-electron chi connectivity index (χ0n) is 9.64. The van der Waals surface area contributed by atoms with Gasteiger partial charge in [-0.1, -0.05) is 0 Å². The van der Waals surface area contributed by atoms with Crippen molar-refractivity contribution in [3.8, 4) is 0 Å². The minimum atomic E-state index is 0.699. The first-order chi connectivity index (χ1) is 7.77. The topological polar surface area (TPSA) is 46.3 Å². The fourth-order valence-electron chi connectivity index (χ4n) is 2.32. The van der Waals surface area contributed by atoms with Gasteiger partial charge in [-0.05, 0) is 26.7 Å². The number of fused-ring (bicyclic) bond motifs is 1. The summed E-state index contributed by atoms with van der Waals surface area (Å²) in [5.41, 5.74) is 2.25. The fourth-order valence-corrected chi connectivity index (χ4v) is 2.32. The van der Waals surface area contributed by atoms with E-state index in [2.05, 4.69) is 26.9 Å². The van der Waals surface area contributed by atoms with E-state index in [0.29, 0.717) is 5.78 Å². The maximum absolute atomic E-state index is 4.43. The molecular weight excluding hydrogens is 202 g/mol. The highest BCUT2D eigenvalue weighted by molar-refractivity contribution is 5.54. The van der Waals surface area contributed by atoms with Crippen molar-refractivity contribution >= 4 is 11.6 Å². The van der Waals surface area contributed by atoms with Gasteiger partial charge < -0.3 is 4.90 Å². The molecule has 0 radical (unpaired) electrons. The standard InChI is InChI=1S/C11H15N5/c1-8-9(2)14-11-12-7-13-16(11)10(8)15-5-3-4-6-15/h7H,3-6H2,1-2H3. The van der Waals surface area contributed by atoms with E-state index in [1.807, 2.05) is 11.4 Å². The van der Waals surface area contributed by atoms with Gasteiger partial charge in [0, 0.05) is 24.3 Å². The third-order valence-electron chi connectivity index (χ3n) is 3.28. The fraction of sp³-hybridized carbons (Fsp3) is 0.545. The van der Waals surface area contributed by atoms with Gasteiger partial charge in [0.1, 0.15) is 12.1 Å². The lowest BCUT2D eigenvalue weighted by atomic mass is 10.2. The first kappa shape index (κ1) is 9.57. The average Bonchev–Trinajstić information content (AvgIpc) is 2.89. The van der Waals surface area contributed by atoms with Gasteiger partial charge in [-0.3, -0.25) is 0 Å². The first-order valence-electron chi connectivity index (χ1n) is 5.69. The molecule has 5 heteroatoms. The molecule has 16 heavy (non-hydrogen) atoms. The Morgan fingerprint density at radius 2 is 1.94 bits per heavy atom. The van der Waals surface area contributed by atoms with Crippen molar-refractivity contribution < 1.29 is 0 Å². The number of aromatic nitrogens is 4. The Kier molecular flexibility index (Phi) is 2.05. The molecular formula is C11H15N5. The molecule has 0 N–H and O–H groups in total. The molecule has 0 atom stereocenters. The molecule has 0 spiro atoms. The average molecular weight is 217 g/mol. The Morgan fingerprint density at radius 3 is 2.69 bits per heavy atom. The van der Waals surface area contributed by atoms with Crippen molar-refractivity contribution in [2.45, 2.75) is 26.7 Å².